The summed E-state index contributed by atoms with van der Waals surface area (Å²) >= 11 is 0. The van der Waals surface area contributed by atoms with E-state index >= 15 is 0 Å². The minimum atomic E-state index is -0.663. The van der Waals surface area contributed by atoms with E-state index in [-0.39, 0.29) is 0 Å². The molecule has 0 saturated carbocycles. The molecule has 5 heteroatoms. The van der Waals surface area contributed by atoms with E-state index in [1.54, 1.807) is 0 Å². The number of rotatable bonds is 5. The standard InChI is InChI=1S/C59H36N4O/c1-4-16-38(17-5-1)55-45-34-35-48-54(53(45)44-22-10-13-25-50(44)60-55)43-33-32-42(36-49(43)59(48)46-23-11-14-26-51(46)64-52-27-15-12-24-47(52)59)37-28-30-41(31-29-37)58-62-56(39-18-6-2-7-19-39)61-57(63-58)40-20-8-3-9-21-40/h1-36H. The predicted molar refractivity (Wildman–Crippen MR) is 257 cm³/mol. The van der Waals surface area contributed by atoms with E-state index in [9.17, 15) is 0 Å². The highest BCUT2D eigenvalue weighted by atomic mass is 16.5. The maximum atomic E-state index is 6.75. The molecule has 9 aromatic carbocycles. The summed E-state index contributed by atoms with van der Waals surface area (Å²) in [6, 6.07) is 76.8. The molecule has 0 N–H and O–H groups in total. The molecule has 0 fully saturated rings. The zero-order chi connectivity index (χ0) is 42.2. The molecule has 13 rings (SSSR count). The number of ether oxygens (including phenoxy) is 1. The Morgan fingerprint density at radius 3 is 1.45 bits per heavy atom. The third-order valence-electron chi connectivity index (χ3n) is 13.0. The van der Waals surface area contributed by atoms with Gasteiger partial charge >= 0.3 is 0 Å². The third-order valence-corrected chi connectivity index (χ3v) is 13.0. The maximum Gasteiger partial charge on any atom is 0.164 e. The summed E-state index contributed by atoms with van der Waals surface area (Å²) in [5, 5.41) is 3.47. The van der Waals surface area contributed by atoms with Crippen LogP contribution >= 0.6 is 0 Å². The predicted octanol–water partition coefficient (Wildman–Crippen LogP) is 14.4. The fraction of sp³-hybridized carbons (Fsp3) is 0.0169. The minimum absolute atomic E-state index is 0.626. The second-order valence-corrected chi connectivity index (χ2v) is 16.5. The van der Waals surface area contributed by atoms with E-state index in [0.29, 0.717) is 17.5 Å². The molecule has 2 aromatic heterocycles. The second kappa shape index (κ2) is 14.3. The average Bonchev–Trinajstić information content (AvgIpc) is 3.66. The summed E-state index contributed by atoms with van der Waals surface area (Å²) in [5.74, 6) is 3.63. The summed E-state index contributed by atoms with van der Waals surface area (Å²) in [7, 11) is 0. The normalized spacial score (nSPS) is 12.9. The fourth-order valence-corrected chi connectivity index (χ4v) is 10.2. The zero-order valence-electron chi connectivity index (χ0n) is 34.5. The van der Waals surface area contributed by atoms with Gasteiger partial charge < -0.3 is 4.74 Å². The van der Waals surface area contributed by atoms with E-state index in [2.05, 4.69) is 158 Å². The number of hydrogen-bond donors (Lipinski definition) is 0. The summed E-state index contributed by atoms with van der Waals surface area (Å²) < 4.78 is 6.75. The SMILES string of the molecule is c1ccc(-c2nc(-c3ccccc3)nc(-c3ccc(-c4ccc5c(c4)C4(c6ccccc6Oc6ccccc64)c4ccc6c(-c7ccccc7)nc7ccccc7c6c4-5)cc3)n2)cc1. The van der Waals surface area contributed by atoms with Crippen molar-refractivity contribution in [3.63, 3.8) is 0 Å². The van der Waals surface area contributed by atoms with Crippen LogP contribution in [0.25, 0.3) is 89.4 Å². The molecule has 1 aliphatic carbocycles. The van der Waals surface area contributed by atoms with Gasteiger partial charge in [0, 0.05) is 49.5 Å². The highest BCUT2D eigenvalue weighted by molar-refractivity contribution is 6.19. The van der Waals surface area contributed by atoms with Crippen molar-refractivity contribution in [2.75, 3.05) is 0 Å². The first-order valence-electron chi connectivity index (χ1n) is 21.6. The Morgan fingerprint density at radius 1 is 0.328 bits per heavy atom. The van der Waals surface area contributed by atoms with Crippen LogP contribution in [0.2, 0.25) is 0 Å². The summed E-state index contributed by atoms with van der Waals surface area (Å²) in [6.45, 7) is 0. The number of hydrogen-bond acceptors (Lipinski definition) is 5. The lowest BCUT2D eigenvalue weighted by Crippen LogP contribution is -2.32. The molecule has 298 valence electrons. The Bertz CT molecular complexity index is 3520. The largest absolute Gasteiger partial charge is 0.457 e. The minimum Gasteiger partial charge on any atom is -0.457 e. The van der Waals surface area contributed by atoms with Crippen LogP contribution in [0.5, 0.6) is 11.5 Å². The average molecular weight is 817 g/mol. The molecule has 5 nitrogen and oxygen atoms in total. The lowest BCUT2D eigenvalue weighted by molar-refractivity contribution is 0.436. The monoisotopic (exact) mass is 816 g/mol. The number of aromatic nitrogens is 4. The van der Waals surface area contributed by atoms with Crippen molar-refractivity contribution < 1.29 is 4.74 Å². The summed E-state index contributed by atoms with van der Waals surface area (Å²) in [5.41, 5.74) is 14.5. The van der Waals surface area contributed by atoms with Gasteiger partial charge in [0.1, 0.15) is 11.5 Å². The molecule has 11 aromatic rings. The van der Waals surface area contributed by atoms with E-state index in [0.717, 1.165) is 78.0 Å². The van der Waals surface area contributed by atoms with Crippen LogP contribution in [0.15, 0.2) is 218 Å². The quantitative estimate of drug-likeness (QED) is 0.162. The van der Waals surface area contributed by atoms with Crippen molar-refractivity contribution in [3.8, 4) is 79.2 Å². The lowest BCUT2D eigenvalue weighted by Gasteiger charge is -2.39. The van der Waals surface area contributed by atoms with E-state index in [1.807, 2.05) is 60.7 Å². The van der Waals surface area contributed by atoms with Crippen molar-refractivity contribution in [2.24, 2.45) is 0 Å². The molecule has 0 amide bonds. The van der Waals surface area contributed by atoms with Crippen LogP contribution in [0.3, 0.4) is 0 Å². The molecule has 0 saturated heterocycles. The second-order valence-electron chi connectivity index (χ2n) is 16.5. The smallest absolute Gasteiger partial charge is 0.164 e. The molecule has 0 unspecified atom stereocenters. The lowest BCUT2D eigenvalue weighted by atomic mass is 9.65. The first kappa shape index (κ1) is 36.1. The Kier molecular flexibility index (Phi) is 8.06. The van der Waals surface area contributed by atoms with Crippen LogP contribution in [-0.2, 0) is 5.41 Å². The van der Waals surface area contributed by atoms with Gasteiger partial charge in [0.25, 0.3) is 0 Å². The van der Waals surface area contributed by atoms with Gasteiger partial charge in [0.15, 0.2) is 17.5 Å². The molecule has 3 heterocycles. The van der Waals surface area contributed by atoms with Gasteiger partial charge in [-0.1, -0.05) is 194 Å². The number of benzene rings is 9. The van der Waals surface area contributed by atoms with Crippen molar-refractivity contribution in [2.45, 2.75) is 5.41 Å². The van der Waals surface area contributed by atoms with E-state index in [1.165, 1.54) is 27.6 Å². The molecule has 0 radical (unpaired) electrons. The fourth-order valence-electron chi connectivity index (χ4n) is 10.2. The Labute approximate surface area is 370 Å². The Balaban J connectivity index is 1.03. The molecular formula is C59H36N4O. The highest BCUT2D eigenvalue weighted by Gasteiger charge is 2.51. The number of nitrogens with zero attached hydrogens (tertiary/aromatic N) is 4. The molecule has 1 spiro atoms. The maximum absolute atomic E-state index is 6.75. The van der Waals surface area contributed by atoms with E-state index < -0.39 is 5.41 Å². The van der Waals surface area contributed by atoms with Crippen LogP contribution in [-0.4, -0.2) is 19.9 Å². The van der Waals surface area contributed by atoms with Gasteiger partial charge in [-0.2, -0.15) is 0 Å². The van der Waals surface area contributed by atoms with Gasteiger partial charge in [0.2, 0.25) is 0 Å². The summed E-state index contributed by atoms with van der Waals surface area (Å²) in [6.07, 6.45) is 0. The third kappa shape index (κ3) is 5.44. The van der Waals surface area contributed by atoms with Crippen molar-refractivity contribution in [1.29, 1.82) is 0 Å². The van der Waals surface area contributed by atoms with Gasteiger partial charge in [-0.05, 0) is 57.6 Å². The van der Waals surface area contributed by atoms with Gasteiger partial charge in [-0.15, -0.1) is 0 Å². The van der Waals surface area contributed by atoms with Crippen molar-refractivity contribution in [1.82, 2.24) is 19.9 Å². The Morgan fingerprint density at radius 2 is 0.828 bits per heavy atom. The number of para-hydroxylation sites is 3. The van der Waals surface area contributed by atoms with Crippen molar-refractivity contribution >= 4 is 21.7 Å². The van der Waals surface area contributed by atoms with Crippen LogP contribution < -0.4 is 4.74 Å². The van der Waals surface area contributed by atoms with Gasteiger partial charge in [0.05, 0.1) is 16.6 Å². The van der Waals surface area contributed by atoms with E-state index in [4.69, 9.17) is 24.7 Å². The molecule has 1 aliphatic heterocycles. The zero-order valence-corrected chi connectivity index (χ0v) is 34.5. The van der Waals surface area contributed by atoms with Crippen LogP contribution in [0.4, 0.5) is 0 Å². The number of fused-ring (bicyclic) bond motifs is 13. The molecule has 0 atom stereocenters. The summed E-state index contributed by atoms with van der Waals surface area (Å²) in [4.78, 5) is 20.2. The van der Waals surface area contributed by atoms with Crippen LogP contribution in [0.1, 0.15) is 22.3 Å². The van der Waals surface area contributed by atoms with Gasteiger partial charge in [-0.3, -0.25) is 0 Å². The topological polar surface area (TPSA) is 60.8 Å². The molecule has 64 heavy (non-hydrogen) atoms. The first-order chi connectivity index (χ1) is 31.7. The number of pyridine rings is 1. The van der Waals surface area contributed by atoms with Crippen LogP contribution in [0, 0.1) is 0 Å². The molecule has 2 aliphatic rings. The molecule has 0 bridgehead atoms. The Hall–Kier alpha value is -8.54. The highest BCUT2D eigenvalue weighted by Crippen LogP contribution is 2.64. The van der Waals surface area contributed by atoms with Gasteiger partial charge in [-0.25, -0.2) is 19.9 Å². The van der Waals surface area contributed by atoms with Crippen molar-refractivity contribution in [3.05, 3.63) is 241 Å². The molecular weight excluding hydrogens is 781 g/mol. The first-order valence-corrected chi connectivity index (χ1v) is 21.6.